The number of nitrogens with zero attached hydrogens (tertiary/aromatic N) is 1. The number of methoxy groups -OCH3 is 1. The quantitative estimate of drug-likeness (QED) is 0.729. The second-order valence-electron chi connectivity index (χ2n) is 4.17. The lowest BCUT2D eigenvalue weighted by Crippen LogP contribution is -1.86. The van der Waals surface area contributed by atoms with E-state index in [0.29, 0.717) is 11.4 Å². The van der Waals surface area contributed by atoms with Crippen LogP contribution in [0, 0.1) is 0 Å². The van der Waals surface area contributed by atoms with Gasteiger partial charge in [0.2, 0.25) is 5.88 Å². The first kappa shape index (κ1) is 11.5. The summed E-state index contributed by atoms with van der Waals surface area (Å²) in [5, 5.41) is 0. The number of rotatable bonds is 3. The van der Waals surface area contributed by atoms with Crippen LogP contribution >= 0.6 is 0 Å². The summed E-state index contributed by atoms with van der Waals surface area (Å²) < 4.78 is 5.10. The maximum atomic E-state index is 11.1. The maximum Gasteiger partial charge on any atom is 0.213 e. The monoisotopic (exact) mass is 252 g/mol. The number of pyridine rings is 1. The van der Waals surface area contributed by atoms with E-state index < -0.39 is 0 Å². The molecule has 1 aromatic carbocycles. The van der Waals surface area contributed by atoms with Gasteiger partial charge in [-0.1, -0.05) is 24.3 Å². The first-order valence-electron chi connectivity index (χ1n) is 5.90. The first-order valence-corrected chi connectivity index (χ1v) is 5.90. The van der Waals surface area contributed by atoms with Crippen LogP contribution in [0.2, 0.25) is 0 Å². The fourth-order valence-electron chi connectivity index (χ4n) is 2.09. The van der Waals surface area contributed by atoms with Crippen molar-refractivity contribution in [3.63, 3.8) is 0 Å². The van der Waals surface area contributed by atoms with Gasteiger partial charge >= 0.3 is 0 Å². The van der Waals surface area contributed by atoms with Crippen LogP contribution in [0.5, 0.6) is 5.88 Å². The molecule has 0 aliphatic rings. The first-order chi connectivity index (χ1) is 9.31. The Morgan fingerprint density at radius 3 is 2.84 bits per heavy atom. The van der Waals surface area contributed by atoms with Gasteiger partial charge < -0.3 is 9.72 Å². The van der Waals surface area contributed by atoms with Gasteiger partial charge in [-0.3, -0.25) is 4.79 Å². The number of carbonyl (C=O) groups is 1. The van der Waals surface area contributed by atoms with Crippen molar-refractivity contribution in [3.8, 4) is 17.1 Å². The largest absolute Gasteiger partial charge is 0.481 e. The number of benzene rings is 1. The summed E-state index contributed by atoms with van der Waals surface area (Å²) in [7, 11) is 1.59. The zero-order chi connectivity index (χ0) is 13.2. The average molecular weight is 252 g/mol. The zero-order valence-electron chi connectivity index (χ0n) is 10.4. The Morgan fingerprint density at radius 1 is 1.21 bits per heavy atom. The van der Waals surface area contributed by atoms with Crippen molar-refractivity contribution in [2.45, 2.75) is 0 Å². The van der Waals surface area contributed by atoms with Gasteiger partial charge in [-0.2, -0.15) is 0 Å². The van der Waals surface area contributed by atoms with Gasteiger partial charge in [-0.15, -0.1) is 0 Å². The predicted molar refractivity (Wildman–Crippen MR) is 73.5 cm³/mol. The van der Waals surface area contributed by atoms with Crippen molar-refractivity contribution in [1.82, 2.24) is 9.97 Å². The van der Waals surface area contributed by atoms with E-state index in [2.05, 4.69) is 9.97 Å². The standard InChI is InChI=1S/C15H12N2O2/c1-19-15-7-6-12-14(17-15)8-13(16-12)11-5-3-2-4-10(11)9-18/h2-9,16H,1H3. The molecule has 0 amide bonds. The number of ether oxygens (including phenoxy) is 1. The summed E-state index contributed by atoms with van der Waals surface area (Å²) in [5.74, 6) is 0.571. The van der Waals surface area contributed by atoms with Gasteiger partial charge in [0.05, 0.1) is 18.1 Å². The molecule has 3 rings (SSSR count). The smallest absolute Gasteiger partial charge is 0.213 e. The lowest BCUT2D eigenvalue weighted by molar-refractivity contribution is 0.112. The minimum atomic E-state index is 0.571. The topological polar surface area (TPSA) is 55.0 Å². The minimum Gasteiger partial charge on any atom is -0.481 e. The van der Waals surface area contributed by atoms with Gasteiger partial charge in [0.1, 0.15) is 0 Å². The highest BCUT2D eigenvalue weighted by molar-refractivity contribution is 5.90. The molecule has 0 saturated heterocycles. The molecule has 1 N–H and O–H groups in total. The van der Waals surface area contributed by atoms with E-state index in [1.165, 1.54) is 0 Å². The molecule has 94 valence electrons. The SMILES string of the molecule is COc1ccc2[nH]c(-c3ccccc3C=O)cc2n1. The number of fused-ring (bicyclic) bond motifs is 1. The Hall–Kier alpha value is -2.62. The van der Waals surface area contributed by atoms with Crippen LogP contribution < -0.4 is 4.74 Å². The number of carbonyl (C=O) groups excluding carboxylic acids is 1. The highest BCUT2D eigenvalue weighted by Gasteiger charge is 2.08. The molecule has 0 aliphatic carbocycles. The van der Waals surface area contributed by atoms with Crippen molar-refractivity contribution < 1.29 is 9.53 Å². The molecule has 0 atom stereocenters. The van der Waals surface area contributed by atoms with Crippen LogP contribution in [-0.4, -0.2) is 23.4 Å². The number of aromatic nitrogens is 2. The molecule has 0 spiro atoms. The summed E-state index contributed by atoms with van der Waals surface area (Å²) in [5.41, 5.74) is 4.13. The van der Waals surface area contributed by atoms with Crippen molar-refractivity contribution in [1.29, 1.82) is 0 Å². The van der Waals surface area contributed by atoms with Crippen LogP contribution in [0.1, 0.15) is 10.4 Å². The van der Waals surface area contributed by atoms with Gasteiger partial charge in [-0.05, 0) is 12.1 Å². The van der Waals surface area contributed by atoms with Crippen LogP contribution in [0.25, 0.3) is 22.3 Å². The second kappa shape index (κ2) is 4.57. The van der Waals surface area contributed by atoms with Gasteiger partial charge in [0, 0.05) is 22.9 Å². The Kier molecular flexibility index (Phi) is 2.76. The molecular formula is C15H12N2O2. The number of aldehydes is 1. The molecular weight excluding hydrogens is 240 g/mol. The fraction of sp³-hybridized carbons (Fsp3) is 0.0667. The number of hydrogen-bond donors (Lipinski definition) is 1. The Bertz CT molecular complexity index is 747. The maximum absolute atomic E-state index is 11.1. The Balaban J connectivity index is 2.17. The zero-order valence-corrected chi connectivity index (χ0v) is 10.4. The van der Waals surface area contributed by atoms with Crippen molar-refractivity contribution in [3.05, 3.63) is 48.0 Å². The molecule has 0 saturated carbocycles. The summed E-state index contributed by atoms with van der Waals surface area (Å²) >= 11 is 0. The minimum absolute atomic E-state index is 0.571. The van der Waals surface area contributed by atoms with Crippen molar-refractivity contribution in [2.75, 3.05) is 7.11 Å². The molecule has 0 fully saturated rings. The van der Waals surface area contributed by atoms with E-state index >= 15 is 0 Å². The van der Waals surface area contributed by atoms with Crippen LogP contribution in [0.3, 0.4) is 0 Å². The van der Waals surface area contributed by atoms with Crippen LogP contribution in [-0.2, 0) is 0 Å². The molecule has 3 aromatic rings. The number of hydrogen-bond acceptors (Lipinski definition) is 3. The van der Waals surface area contributed by atoms with E-state index in [0.717, 1.165) is 28.6 Å². The van der Waals surface area contributed by atoms with Crippen molar-refractivity contribution in [2.24, 2.45) is 0 Å². The van der Waals surface area contributed by atoms with Gasteiger partial charge in [0.25, 0.3) is 0 Å². The molecule has 4 nitrogen and oxygen atoms in total. The molecule has 4 heteroatoms. The lowest BCUT2D eigenvalue weighted by atomic mass is 10.1. The fourth-order valence-corrected chi connectivity index (χ4v) is 2.09. The van der Waals surface area contributed by atoms with E-state index in [1.807, 2.05) is 30.3 Å². The van der Waals surface area contributed by atoms with Crippen molar-refractivity contribution >= 4 is 17.3 Å². The molecule has 19 heavy (non-hydrogen) atoms. The predicted octanol–water partition coefficient (Wildman–Crippen LogP) is 3.05. The summed E-state index contributed by atoms with van der Waals surface area (Å²) in [6.07, 6.45) is 0.856. The molecule has 0 radical (unpaired) electrons. The molecule has 2 aromatic heterocycles. The number of aromatic amines is 1. The number of H-pyrrole nitrogens is 1. The van der Waals surface area contributed by atoms with Gasteiger partial charge in [0.15, 0.2) is 6.29 Å². The number of nitrogens with one attached hydrogen (secondary N) is 1. The van der Waals surface area contributed by atoms with E-state index in [4.69, 9.17) is 4.74 Å². The lowest BCUT2D eigenvalue weighted by Gasteiger charge is -2.00. The third-order valence-corrected chi connectivity index (χ3v) is 3.04. The van der Waals surface area contributed by atoms with E-state index in [9.17, 15) is 4.79 Å². The van der Waals surface area contributed by atoms with Gasteiger partial charge in [-0.25, -0.2) is 4.98 Å². The molecule has 0 unspecified atom stereocenters. The summed E-state index contributed by atoms with van der Waals surface area (Å²) in [6.45, 7) is 0. The molecule has 0 aliphatic heterocycles. The second-order valence-corrected chi connectivity index (χ2v) is 4.17. The highest BCUT2D eigenvalue weighted by atomic mass is 16.5. The highest BCUT2D eigenvalue weighted by Crippen LogP contribution is 2.26. The Morgan fingerprint density at radius 2 is 2.05 bits per heavy atom. The normalized spacial score (nSPS) is 10.6. The van der Waals surface area contributed by atoms with E-state index in [-0.39, 0.29) is 0 Å². The van der Waals surface area contributed by atoms with E-state index in [1.54, 1.807) is 19.2 Å². The third kappa shape index (κ3) is 1.97. The van der Waals surface area contributed by atoms with Crippen LogP contribution in [0.4, 0.5) is 0 Å². The summed E-state index contributed by atoms with van der Waals surface area (Å²) in [6, 6.07) is 13.1. The Labute approximate surface area is 110 Å². The average Bonchev–Trinajstić information content (AvgIpc) is 2.89. The molecule has 2 heterocycles. The summed E-state index contributed by atoms with van der Waals surface area (Å²) in [4.78, 5) is 18.7. The third-order valence-electron chi connectivity index (χ3n) is 3.04. The van der Waals surface area contributed by atoms with Crippen LogP contribution in [0.15, 0.2) is 42.5 Å². The molecule has 0 bridgehead atoms.